The van der Waals surface area contributed by atoms with Crippen molar-refractivity contribution in [3.05, 3.63) is 61.0 Å². The number of benzene rings is 2. The molecule has 0 aliphatic rings. The third-order valence-corrected chi connectivity index (χ3v) is 5.61. The Balaban J connectivity index is 2.09. The number of aromatic nitrogens is 2. The molecule has 7 nitrogen and oxygen atoms in total. The predicted octanol–water partition coefficient (Wildman–Crippen LogP) is 5.47. The summed E-state index contributed by atoms with van der Waals surface area (Å²) in [6, 6.07) is 8.88. The second kappa shape index (κ2) is 10.9. The largest absolute Gasteiger partial charge is 0.490 e. The monoisotopic (exact) mass is 563 g/mol. The fraction of sp³-hybridized carbons (Fsp3) is 0.304. The zero-order valence-corrected chi connectivity index (χ0v) is 21.2. The van der Waals surface area contributed by atoms with Crippen LogP contribution < -0.4 is 15.0 Å². The van der Waals surface area contributed by atoms with E-state index in [1.54, 1.807) is 24.4 Å². The lowest BCUT2D eigenvalue weighted by atomic mass is 10.2. The van der Waals surface area contributed by atoms with Crippen molar-refractivity contribution in [2.45, 2.75) is 40.0 Å². The van der Waals surface area contributed by atoms with Crippen LogP contribution in [0.25, 0.3) is 10.9 Å². The zero-order valence-electron chi connectivity index (χ0n) is 18.0. The molecule has 9 heteroatoms. The first kappa shape index (κ1) is 24.1. The Morgan fingerprint density at radius 2 is 2.00 bits per heavy atom. The summed E-state index contributed by atoms with van der Waals surface area (Å²) in [4.78, 5) is 29.3. The quantitative estimate of drug-likeness (QED) is 0.206. The Hall–Kier alpha value is -2.52. The summed E-state index contributed by atoms with van der Waals surface area (Å²) < 4.78 is 13.6. The molecule has 3 rings (SSSR count). The van der Waals surface area contributed by atoms with E-state index in [2.05, 4.69) is 48.9 Å². The number of unbranched alkanes of at least 4 members (excludes halogenated alkanes) is 1. The Bertz CT molecular complexity index is 1240. The van der Waals surface area contributed by atoms with Gasteiger partial charge in [-0.15, -0.1) is 0 Å². The molecule has 0 unspecified atom stereocenters. The number of nitrogens with zero attached hydrogens (tertiary/aromatic N) is 3. The van der Waals surface area contributed by atoms with Crippen LogP contribution in [0.4, 0.5) is 0 Å². The minimum Gasteiger partial charge on any atom is -0.490 e. The maximum Gasteiger partial charge on any atom is 0.308 e. The standard InChI is InChI=1S/C23H23Br2N3O4/c1-4-6-7-21-27-19-9-8-16(24)12-17(19)23(30)28(21)26-13-15-10-18(25)22(32-14(3)29)20(11-15)31-5-2/h8-13H,4-7H2,1-3H3. The summed E-state index contributed by atoms with van der Waals surface area (Å²) in [5.74, 6) is 0.851. The van der Waals surface area contributed by atoms with Crippen molar-refractivity contribution >= 4 is 54.9 Å². The van der Waals surface area contributed by atoms with Gasteiger partial charge in [0.2, 0.25) is 0 Å². The molecule has 0 spiro atoms. The van der Waals surface area contributed by atoms with Crippen molar-refractivity contribution in [2.24, 2.45) is 5.10 Å². The number of hydrogen-bond donors (Lipinski definition) is 0. The van der Waals surface area contributed by atoms with Crippen LogP contribution in [-0.4, -0.2) is 28.5 Å². The van der Waals surface area contributed by atoms with Gasteiger partial charge in [-0.25, -0.2) is 4.98 Å². The lowest BCUT2D eigenvalue weighted by molar-refractivity contribution is -0.132. The van der Waals surface area contributed by atoms with E-state index in [1.807, 2.05) is 19.1 Å². The number of hydrogen-bond acceptors (Lipinski definition) is 6. The SMILES string of the molecule is CCCCc1nc2ccc(Br)cc2c(=O)n1N=Cc1cc(Br)c(OC(C)=O)c(OCC)c1. The van der Waals surface area contributed by atoms with E-state index in [9.17, 15) is 9.59 Å². The second-order valence-corrected chi connectivity index (χ2v) is 8.78. The highest BCUT2D eigenvalue weighted by Gasteiger charge is 2.15. The van der Waals surface area contributed by atoms with Crippen molar-refractivity contribution in [3.63, 3.8) is 0 Å². The average Bonchev–Trinajstić information content (AvgIpc) is 2.74. The molecular formula is C23H23Br2N3O4. The minimum atomic E-state index is -0.450. The number of esters is 1. The van der Waals surface area contributed by atoms with Gasteiger partial charge in [0.25, 0.3) is 5.56 Å². The maximum absolute atomic E-state index is 13.2. The molecule has 0 fully saturated rings. The Morgan fingerprint density at radius 1 is 1.22 bits per heavy atom. The smallest absolute Gasteiger partial charge is 0.308 e. The number of halogens is 2. The highest BCUT2D eigenvalue weighted by molar-refractivity contribution is 9.10. The summed E-state index contributed by atoms with van der Waals surface area (Å²) in [6.07, 6.45) is 4.06. The normalized spacial score (nSPS) is 11.3. The highest BCUT2D eigenvalue weighted by atomic mass is 79.9. The van der Waals surface area contributed by atoms with Crippen molar-refractivity contribution in [3.8, 4) is 11.5 Å². The summed E-state index contributed by atoms with van der Waals surface area (Å²) >= 11 is 6.83. The number of rotatable bonds is 8. The molecule has 0 amide bonds. The van der Waals surface area contributed by atoms with Gasteiger partial charge in [-0.05, 0) is 65.2 Å². The summed E-state index contributed by atoms with van der Waals surface area (Å²) in [6.45, 7) is 5.64. The first-order valence-electron chi connectivity index (χ1n) is 10.2. The van der Waals surface area contributed by atoms with Crippen LogP contribution >= 0.6 is 31.9 Å². The zero-order chi connectivity index (χ0) is 23.3. The van der Waals surface area contributed by atoms with E-state index in [4.69, 9.17) is 9.47 Å². The third kappa shape index (κ3) is 5.63. The lowest BCUT2D eigenvalue weighted by Gasteiger charge is -2.12. The molecule has 2 aromatic carbocycles. The van der Waals surface area contributed by atoms with Gasteiger partial charge < -0.3 is 9.47 Å². The van der Waals surface area contributed by atoms with Gasteiger partial charge in [0, 0.05) is 17.8 Å². The van der Waals surface area contributed by atoms with Crippen LogP contribution in [0.15, 0.2) is 49.2 Å². The van der Waals surface area contributed by atoms with Crippen molar-refractivity contribution in [1.82, 2.24) is 9.66 Å². The molecule has 0 aliphatic carbocycles. The third-order valence-electron chi connectivity index (χ3n) is 4.53. The van der Waals surface area contributed by atoms with Crippen LogP contribution in [0.1, 0.15) is 45.0 Å². The molecule has 32 heavy (non-hydrogen) atoms. The van der Waals surface area contributed by atoms with Crippen molar-refractivity contribution in [2.75, 3.05) is 6.61 Å². The van der Waals surface area contributed by atoms with E-state index in [1.165, 1.54) is 11.6 Å². The molecule has 0 radical (unpaired) electrons. The second-order valence-electron chi connectivity index (χ2n) is 7.01. The van der Waals surface area contributed by atoms with Gasteiger partial charge in [0.05, 0.1) is 28.2 Å². The Kier molecular flexibility index (Phi) is 8.20. The average molecular weight is 565 g/mol. The molecule has 3 aromatic rings. The molecule has 0 N–H and O–H groups in total. The van der Waals surface area contributed by atoms with E-state index in [0.29, 0.717) is 51.3 Å². The molecule has 0 aliphatic heterocycles. The van der Waals surface area contributed by atoms with Gasteiger partial charge in [0.15, 0.2) is 11.5 Å². The molecule has 0 bridgehead atoms. The number of aryl methyl sites for hydroxylation is 1. The van der Waals surface area contributed by atoms with Crippen LogP contribution in [-0.2, 0) is 11.2 Å². The molecular weight excluding hydrogens is 542 g/mol. The molecule has 0 saturated heterocycles. The van der Waals surface area contributed by atoms with E-state index in [-0.39, 0.29) is 5.56 Å². The first-order chi connectivity index (χ1) is 15.3. The van der Waals surface area contributed by atoms with Crippen LogP contribution in [0.2, 0.25) is 0 Å². The van der Waals surface area contributed by atoms with Gasteiger partial charge in [-0.1, -0.05) is 29.3 Å². The predicted molar refractivity (Wildman–Crippen MR) is 132 cm³/mol. The van der Waals surface area contributed by atoms with Gasteiger partial charge in [-0.2, -0.15) is 9.78 Å². The van der Waals surface area contributed by atoms with Crippen LogP contribution in [0, 0.1) is 0 Å². The first-order valence-corrected chi connectivity index (χ1v) is 11.8. The van der Waals surface area contributed by atoms with Crippen LogP contribution in [0.5, 0.6) is 11.5 Å². The van der Waals surface area contributed by atoms with Crippen LogP contribution in [0.3, 0.4) is 0 Å². The van der Waals surface area contributed by atoms with Crippen molar-refractivity contribution < 1.29 is 14.3 Å². The van der Waals surface area contributed by atoms with E-state index >= 15 is 0 Å². The lowest BCUT2D eigenvalue weighted by Crippen LogP contribution is -2.22. The maximum atomic E-state index is 13.2. The van der Waals surface area contributed by atoms with Gasteiger partial charge >= 0.3 is 5.97 Å². The molecule has 1 aromatic heterocycles. The molecule has 0 atom stereocenters. The highest BCUT2D eigenvalue weighted by Crippen LogP contribution is 2.36. The fourth-order valence-corrected chi connectivity index (χ4v) is 4.00. The van der Waals surface area contributed by atoms with Gasteiger partial charge in [0.1, 0.15) is 5.82 Å². The van der Waals surface area contributed by atoms with Gasteiger partial charge in [-0.3, -0.25) is 9.59 Å². The molecule has 0 saturated carbocycles. The number of carbonyl (C=O) groups is 1. The molecule has 1 heterocycles. The van der Waals surface area contributed by atoms with E-state index < -0.39 is 5.97 Å². The number of ether oxygens (including phenoxy) is 2. The number of fused-ring (bicyclic) bond motifs is 1. The van der Waals surface area contributed by atoms with Crippen molar-refractivity contribution in [1.29, 1.82) is 0 Å². The molecule has 168 valence electrons. The fourth-order valence-electron chi connectivity index (χ4n) is 3.10. The number of carbonyl (C=O) groups excluding carboxylic acids is 1. The summed E-state index contributed by atoms with van der Waals surface area (Å²) in [5.41, 5.74) is 1.07. The Morgan fingerprint density at radius 3 is 2.69 bits per heavy atom. The topological polar surface area (TPSA) is 82.8 Å². The Labute approximate surface area is 202 Å². The minimum absolute atomic E-state index is 0.237. The summed E-state index contributed by atoms with van der Waals surface area (Å²) in [5, 5.41) is 4.94. The van der Waals surface area contributed by atoms with E-state index in [0.717, 1.165) is 17.3 Å². The summed E-state index contributed by atoms with van der Waals surface area (Å²) in [7, 11) is 0.